The van der Waals surface area contributed by atoms with Crippen molar-refractivity contribution >= 4 is 55.7 Å². The van der Waals surface area contributed by atoms with E-state index in [-0.39, 0.29) is 27.2 Å². The molecule has 0 saturated heterocycles. The Bertz CT molecular complexity index is 1500. The molecule has 0 saturated carbocycles. The number of unbranched alkanes of at least 4 members (excludes halogenated alkanes) is 1. The quantitative estimate of drug-likeness (QED) is 0.186. The molecule has 0 radical (unpaired) electrons. The smallest absolute Gasteiger partial charge is 0.326 e. The lowest BCUT2D eigenvalue weighted by atomic mass is 10.1. The number of aromatic nitrogens is 2. The fraction of sp³-hybridized carbons (Fsp3) is 0.240. The molecule has 4 aromatic rings. The molecule has 0 N–H and O–H groups in total. The fourth-order valence-corrected chi connectivity index (χ4v) is 5.68. The normalized spacial score (nSPS) is 11.6. The monoisotopic (exact) mass is 547 g/mol. The van der Waals surface area contributed by atoms with Crippen molar-refractivity contribution in [2.45, 2.75) is 31.6 Å². The maximum Gasteiger partial charge on any atom is 0.326 e. The molecular formula is C25H23Cl2N3O5S. The van der Waals surface area contributed by atoms with Crippen LogP contribution in [0, 0.1) is 6.92 Å². The molecule has 4 rings (SSSR count). The molecule has 0 aliphatic heterocycles. The first-order valence-electron chi connectivity index (χ1n) is 11.2. The van der Waals surface area contributed by atoms with E-state index in [0.29, 0.717) is 18.2 Å². The van der Waals surface area contributed by atoms with Crippen LogP contribution in [-0.4, -0.2) is 37.7 Å². The van der Waals surface area contributed by atoms with Crippen molar-refractivity contribution in [2.24, 2.45) is 0 Å². The van der Waals surface area contributed by atoms with Gasteiger partial charge in [0.05, 0.1) is 17.2 Å². The summed E-state index contributed by atoms with van der Waals surface area (Å²) in [7, 11) is -4.21. The van der Waals surface area contributed by atoms with E-state index in [9.17, 15) is 13.2 Å². The zero-order valence-corrected chi connectivity index (χ0v) is 21.9. The third-order valence-corrected chi connectivity index (χ3v) is 7.53. The van der Waals surface area contributed by atoms with Gasteiger partial charge in [-0.2, -0.15) is 0 Å². The molecule has 3 aromatic carbocycles. The van der Waals surface area contributed by atoms with Crippen molar-refractivity contribution in [3.63, 3.8) is 0 Å². The Labute approximate surface area is 218 Å². The number of fused-ring (bicyclic) bond motifs is 1. The van der Waals surface area contributed by atoms with Gasteiger partial charge >= 0.3 is 5.97 Å². The van der Waals surface area contributed by atoms with Crippen LogP contribution in [0.2, 0.25) is 10.0 Å². The molecule has 8 nitrogen and oxygen atoms in total. The van der Waals surface area contributed by atoms with Crippen LogP contribution >= 0.6 is 23.2 Å². The molecule has 0 fully saturated rings. The van der Waals surface area contributed by atoms with Gasteiger partial charge in [0.25, 0.3) is 10.0 Å². The van der Waals surface area contributed by atoms with E-state index in [1.54, 1.807) is 31.2 Å². The van der Waals surface area contributed by atoms with E-state index >= 15 is 0 Å². The van der Waals surface area contributed by atoms with Gasteiger partial charge in [-0.15, -0.1) is 10.2 Å². The summed E-state index contributed by atoms with van der Waals surface area (Å²) in [6, 6.07) is 14.5. The van der Waals surface area contributed by atoms with Crippen LogP contribution in [0.4, 0.5) is 5.69 Å². The minimum atomic E-state index is -4.21. The third kappa shape index (κ3) is 5.80. The highest BCUT2D eigenvalue weighted by Gasteiger charge is 2.29. The number of carbonyl (C=O) groups is 1. The highest BCUT2D eigenvalue weighted by Crippen LogP contribution is 2.31. The van der Waals surface area contributed by atoms with Crippen molar-refractivity contribution in [3.8, 4) is 11.5 Å². The number of benzene rings is 3. The predicted octanol–water partition coefficient (Wildman–Crippen LogP) is 6.04. The fourth-order valence-electron chi connectivity index (χ4n) is 3.55. The van der Waals surface area contributed by atoms with Crippen LogP contribution in [0.3, 0.4) is 0 Å². The topological polar surface area (TPSA) is 103 Å². The molecule has 0 unspecified atom stereocenters. The summed E-state index contributed by atoms with van der Waals surface area (Å²) in [5.74, 6) is 0.172. The molecule has 0 spiro atoms. The molecule has 0 aliphatic rings. The van der Waals surface area contributed by atoms with E-state index in [1.807, 2.05) is 19.1 Å². The van der Waals surface area contributed by atoms with E-state index in [4.69, 9.17) is 32.4 Å². The number of sulfonamides is 1. The van der Waals surface area contributed by atoms with Gasteiger partial charge in [-0.1, -0.05) is 48.7 Å². The van der Waals surface area contributed by atoms with E-state index < -0.39 is 22.5 Å². The highest BCUT2D eigenvalue weighted by molar-refractivity contribution is 7.92. The summed E-state index contributed by atoms with van der Waals surface area (Å²) < 4.78 is 39.0. The van der Waals surface area contributed by atoms with Crippen LogP contribution in [0.15, 0.2) is 63.9 Å². The van der Waals surface area contributed by atoms with Crippen molar-refractivity contribution < 1.29 is 22.4 Å². The van der Waals surface area contributed by atoms with Gasteiger partial charge in [0, 0.05) is 22.5 Å². The molecule has 188 valence electrons. The summed E-state index contributed by atoms with van der Waals surface area (Å²) in [6.45, 7) is 3.37. The number of carbonyl (C=O) groups excluding carboxylic acids is 1. The average molecular weight is 548 g/mol. The van der Waals surface area contributed by atoms with E-state index in [0.717, 1.165) is 27.1 Å². The van der Waals surface area contributed by atoms with E-state index in [1.165, 1.54) is 18.2 Å². The second-order valence-corrected chi connectivity index (χ2v) is 10.8. The summed E-state index contributed by atoms with van der Waals surface area (Å²) in [5, 5.41) is 9.77. The van der Waals surface area contributed by atoms with Gasteiger partial charge in [-0.3, -0.25) is 9.10 Å². The number of esters is 1. The van der Waals surface area contributed by atoms with Gasteiger partial charge < -0.3 is 9.15 Å². The predicted molar refractivity (Wildman–Crippen MR) is 139 cm³/mol. The maximum absolute atomic E-state index is 13.7. The minimum absolute atomic E-state index is 0.136. The van der Waals surface area contributed by atoms with Crippen molar-refractivity contribution in [2.75, 3.05) is 17.5 Å². The van der Waals surface area contributed by atoms with Crippen LogP contribution in [-0.2, 0) is 19.6 Å². The molecule has 1 heterocycles. The van der Waals surface area contributed by atoms with Crippen LogP contribution in [0.1, 0.15) is 25.7 Å². The van der Waals surface area contributed by atoms with Crippen LogP contribution in [0.25, 0.3) is 22.2 Å². The van der Waals surface area contributed by atoms with Gasteiger partial charge in [0.15, 0.2) is 0 Å². The van der Waals surface area contributed by atoms with Gasteiger partial charge in [-0.25, -0.2) is 8.42 Å². The number of aryl methyl sites for hydroxylation is 1. The first kappa shape index (κ1) is 25.9. The second kappa shape index (κ2) is 10.9. The van der Waals surface area contributed by atoms with Crippen LogP contribution in [0.5, 0.6) is 0 Å². The van der Waals surface area contributed by atoms with Crippen molar-refractivity contribution in [1.82, 2.24) is 10.2 Å². The largest absolute Gasteiger partial charge is 0.464 e. The first-order valence-corrected chi connectivity index (χ1v) is 13.4. The van der Waals surface area contributed by atoms with Crippen molar-refractivity contribution in [3.05, 3.63) is 70.5 Å². The van der Waals surface area contributed by atoms with Crippen molar-refractivity contribution in [1.29, 1.82) is 0 Å². The zero-order chi connectivity index (χ0) is 25.9. The van der Waals surface area contributed by atoms with Gasteiger partial charge in [0.1, 0.15) is 6.54 Å². The van der Waals surface area contributed by atoms with Crippen LogP contribution < -0.4 is 4.31 Å². The number of hydrogen-bond acceptors (Lipinski definition) is 7. The molecule has 1 aromatic heterocycles. The molecule has 36 heavy (non-hydrogen) atoms. The average Bonchev–Trinajstić information content (AvgIpc) is 3.27. The first-order chi connectivity index (χ1) is 17.2. The Morgan fingerprint density at radius 3 is 2.36 bits per heavy atom. The maximum atomic E-state index is 13.7. The summed E-state index contributed by atoms with van der Waals surface area (Å²) >= 11 is 12.1. The number of anilines is 1. The van der Waals surface area contributed by atoms with Gasteiger partial charge in [0.2, 0.25) is 11.8 Å². The summed E-state index contributed by atoms with van der Waals surface area (Å²) in [6.07, 6.45) is 1.52. The number of hydrogen-bond donors (Lipinski definition) is 0. The SMILES string of the molecule is CCCCOC(=O)CN(c1ccc2cc(-c3nnc(C)o3)ccc2c1)S(=O)(=O)c1cc(Cl)cc(Cl)c1. The number of rotatable bonds is 9. The molecule has 0 amide bonds. The lowest BCUT2D eigenvalue weighted by molar-refractivity contribution is -0.141. The Morgan fingerprint density at radius 1 is 1.00 bits per heavy atom. The minimum Gasteiger partial charge on any atom is -0.464 e. The lowest BCUT2D eigenvalue weighted by Crippen LogP contribution is -2.36. The zero-order valence-electron chi connectivity index (χ0n) is 19.6. The second-order valence-electron chi connectivity index (χ2n) is 8.06. The lowest BCUT2D eigenvalue weighted by Gasteiger charge is -2.24. The Balaban J connectivity index is 1.74. The molecule has 0 bridgehead atoms. The number of nitrogens with zero attached hydrogens (tertiary/aromatic N) is 3. The number of halogens is 2. The Kier molecular flexibility index (Phi) is 7.82. The molecule has 0 aliphatic carbocycles. The number of ether oxygens (including phenoxy) is 1. The van der Waals surface area contributed by atoms with Gasteiger partial charge in [-0.05, 0) is 59.7 Å². The van der Waals surface area contributed by atoms with E-state index in [2.05, 4.69) is 10.2 Å². The standard InChI is InChI=1S/C25H23Cl2N3O5S/c1-3-4-9-34-24(31)15-30(36(32,33)23-13-20(26)12-21(27)14-23)22-8-7-17-10-19(6-5-18(17)11-22)25-29-28-16(2)35-25/h5-8,10-14H,3-4,9,15H2,1-2H3. The third-order valence-electron chi connectivity index (χ3n) is 5.34. The molecule has 11 heteroatoms. The molecule has 0 atom stereocenters. The molecular weight excluding hydrogens is 525 g/mol. The summed E-state index contributed by atoms with van der Waals surface area (Å²) in [4.78, 5) is 12.4. The Morgan fingerprint density at radius 2 is 1.69 bits per heavy atom. The summed E-state index contributed by atoms with van der Waals surface area (Å²) in [5.41, 5.74) is 1.01. The Hall–Kier alpha value is -3.14. The highest BCUT2D eigenvalue weighted by atomic mass is 35.5.